The van der Waals surface area contributed by atoms with Gasteiger partial charge in [-0.2, -0.15) is 9.36 Å². The Balaban J connectivity index is 1.75. The predicted molar refractivity (Wildman–Crippen MR) is 90.8 cm³/mol. The molecule has 0 spiro atoms. The molecule has 3 rings (SSSR count). The van der Waals surface area contributed by atoms with Crippen molar-refractivity contribution in [2.45, 2.75) is 11.4 Å². The van der Waals surface area contributed by atoms with Gasteiger partial charge >= 0.3 is 6.16 Å². The summed E-state index contributed by atoms with van der Waals surface area (Å²) >= 11 is 2.04. The summed E-state index contributed by atoms with van der Waals surface area (Å²) in [6.45, 7) is 0. The third-order valence-electron chi connectivity index (χ3n) is 3.57. The number of carbonyl (C=O) groups is 3. The second kappa shape index (κ2) is 7.28. The molecule has 15 heteroatoms. The highest BCUT2D eigenvalue weighted by Crippen LogP contribution is 2.40. The van der Waals surface area contributed by atoms with Crippen molar-refractivity contribution in [3.63, 3.8) is 0 Å². The second-order valence-electron chi connectivity index (χ2n) is 5.07. The van der Waals surface area contributed by atoms with Gasteiger partial charge in [-0.15, -0.1) is 11.8 Å². The van der Waals surface area contributed by atoms with Crippen molar-refractivity contribution in [2.75, 3.05) is 18.6 Å². The standard InChI is InChI=1S/C12H12N6O7S2/c1-24-3-2-26-10-5(8(20)18(10)9(3)25-12(21)22)14-7(19)4(16-23)6-15-11(13)27-17-6/h5,10,23H,2H2,1H3,(H,14,19)(H,21,22)(H2,13,15,17)/t5-,10+/m1/s1. The summed E-state index contributed by atoms with van der Waals surface area (Å²) in [5, 5.41) is 22.6. The van der Waals surface area contributed by atoms with Crippen LogP contribution in [0.1, 0.15) is 5.82 Å². The Morgan fingerprint density at radius 3 is 2.78 bits per heavy atom. The van der Waals surface area contributed by atoms with E-state index in [1.807, 2.05) is 0 Å². The van der Waals surface area contributed by atoms with Crippen LogP contribution in [0.25, 0.3) is 0 Å². The molecule has 13 nitrogen and oxygen atoms in total. The number of fused-ring (bicyclic) bond motifs is 1. The van der Waals surface area contributed by atoms with Crippen LogP contribution in [0, 0.1) is 0 Å². The lowest BCUT2D eigenvalue weighted by molar-refractivity contribution is -0.148. The molecule has 3 heterocycles. The van der Waals surface area contributed by atoms with Crippen molar-refractivity contribution in [2.24, 2.45) is 5.16 Å². The van der Waals surface area contributed by atoms with Gasteiger partial charge in [0.1, 0.15) is 11.4 Å². The molecule has 27 heavy (non-hydrogen) atoms. The van der Waals surface area contributed by atoms with Gasteiger partial charge in [0, 0.05) is 11.5 Å². The summed E-state index contributed by atoms with van der Waals surface area (Å²) in [5.74, 6) is -1.53. The van der Waals surface area contributed by atoms with Crippen molar-refractivity contribution in [3.8, 4) is 0 Å². The minimum absolute atomic E-state index is 0.0698. The molecule has 2 amide bonds. The Bertz CT molecular complexity index is 868. The minimum Gasteiger partial charge on any atom is -0.495 e. The third-order valence-corrected chi connectivity index (χ3v) is 5.37. The number of oxime groups is 1. The number of nitrogens with two attached hydrogens (primary N) is 1. The number of hydrogen-bond donors (Lipinski definition) is 4. The van der Waals surface area contributed by atoms with E-state index in [0.717, 1.165) is 16.4 Å². The first-order valence-corrected chi connectivity index (χ1v) is 8.94. The SMILES string of the molecule is COC1=C(OC(=O)O)N2C(=O)[C@@H](NC(=O)C(=NO)c3nsc(N)n3)[C@@H]2SC1. The van der Waals surface area contributed by atoms with E-state index < -0.39 is 35.1 Å². The lowest BCUT2D eigenvalue weighted by atomic mass is 10.1. The molecule has 1 aromatic heterocycles. The summed E-state index contributed by atoms with van der Waals surface area (Å²) in [4.78, 5) is 40.4. The van der Waals surface area contributed by atoms with Crippen LogP contribution in [-0.2, 0) is 19.1 Å². The van der Waals surface area contributed by atoms with Crippen LogP contribution < -0.4 is 11.1 Å². The van der Waals surface area contributed by atoms with Gasteiger partial charge in [0.25, 0.3) is 11.8 Å². The van der Waals surface area contributed by atoms with E-state index >= 15 is 0 Å². The van der Waals surface area contributed by atoms with Crippen LogP contribution in [0.5, 0.6) is 0 Å². The van der Waals surface area contributed by atoms with Gasteiger partial charge in [-0.1, -0.05) is 5.16 Å². The number of ether oxygens (including phenoxy) is 2. The third kappa shape index (κ3) is 3.33. The Morgan fingerprint density at radius 1 is 1.48 bits per heavy atom. The molecular weight excluding hydrogens is 404 g/mol. The number of β-lactam (4-membered cyclic amide) rings is 1. The molecule has 0 unspecified atom stereocenters. The predicted octanol–water partition coefficient (Wildman–Crippen LogP) is -0.791. The monoisotopic (exact) mass is 416 g/mol. The highest BCUT2D eigenvalue weighted by molar-refractivity contribution is 8.00. The van der Waals surface area contributed by atoms with Crippen LogP contribution in [0.2, 0.25) is 0 Å². The zero-order valence-corrected chi connectivity index (χ0v) is 15.1. The second-order valence-corrected chi connectivity index (χ2v) is 6.95. The largest absolute Gasteiger partial charge is 0.512 e. The zero-order chi connectivity index (χ0) is 19.7. The number of anilines is 1. The van der Waals surface area contributed by atoms with Crippen molar-refractivity contribution >= 4 is 52.1 Å². The maximum absolute atomic E-state index is 12.4. The van der Waals surface area contributed by atoms with Crippen molar-refractivity contribution in [1.29, 1.82) is 0 Å². The van der Waals surface area contributed by atoms with E-state index in [-0.39, 0.29) is 28.4 Å². The van der Waals surface area contributed by atoms with Crippen molar-refractivity contribution in [3.05, 3.63) is 17.5 Å². The highest BCUT2D eigenvalue weighted by atomic mass is 32.2. The summed E-state index contributed by atoms with van der Waals surface area (Å²) < 4.78 is 13.5. The number of hydrogen-bond acceptors (Lipinski definition) is 12. The first-order valence-electron chi connectivity index (χ1n) is 7.12. The highest BCUT2D eigenvalue weighted by Gasteiger charge is 2.55. The van der Waals surface area contributed by atoms with E-state index in [4.69, 9.17) is 20.8 Å². The molecule has 2 aliphatic heterocycles. The smallest absolute Gasteiger partial charge is 0.495 e. The molecule has 0 aliphatic carbocycles. The molecule has 1 saturated heterocycles. The molecule has 5 N–H and O–H groups in total. The number of amides is 2. The molecular formula is C12H12N6O7S2. The van der Waals surface area contributed by atoms with Crippen molar-refractivity contribution in [1.82, 2.24) is 19.6 Å². The maximum atomic E-state index is 12.4. The van der Waals surface area contributed by atoms with Gasteiger partial charge in [0.05, 0.1) is 12.9 Å². The van der Waals surface area contributed by atoms with Gasteiger partial charge < -0.3 is 30.8 Å². The Morgan fingerprint density at radius 2 is 2.22 bits per heavy atom. The first-order chi connectivity index (χ1) is 12.9. The minimum atomic E-state index is -1.60. The molecule has 0 bridgehead atoms. The van der Waals surface area contributed by atoms with Crippen LogP contribution >= 0.6 is 23.3 Å². The van der Waals surface area contributed by atoms with Gasteiger partial charge in [-0.05, 0) is 0 Å². The van der Waals surface area contributed by atoms with Crippen LogP contribution in [0.3, 0.4) is 0 Å². The van der Waals surface area contributed by atoms with E-state index in [2.05, 4.69) is 24.6 Å². The van der Waals surface area contributed by atoms with Crippen molar-refractivity contribution < 1.29 is 34.2 Å². The van der Waals surface area contributed by atoms with E-state index in [9.17, 15) is 14.4 Å². The van der Waals surface area contributed by atoms with Gasteiger partial charge in [-0.25, -0.2) is 4.79 Å². The summed E-state index contributed by atoms with van der Waals surface area (Å²) in [5.41, 5.74) is 4.93. The van der Waals surface area contributed by atoms with Gasteiger partial charge in [-0.3, -0.25) is 14.5 Å². The van der Waals surface area contributed by atoms with Gasteiger partial charge in [0.15, 0.2) is 10.9 Å². The Kier molecular flexibility index (Phi) is 5.04. The number of carbonyl (C=O) groups excluding carboxylic acids is 2. The number of methoxy groups -OCH3 is 1. The first kappa shape index (κ1) is 18.7. The fraction of sp³-hybridized carbons (Fsp3) is 0.333. The lowest BCUT2D eigenvalue weighted by Gasteiger charge is -2.48. The normalized spacial score (nSPS) is 22.0. The molecule has 1 aromatic rings. The zero-order valence-electron chi connectivity index (χ0n) is 13.5. The molecule has 2 aliphatic rings. The maximum Gasteiger partial charge on any atom is 0.512 e. The fourth-order valence-electron chi connectivity index (χ4n) is 2.41. The average molecular weight is 416 g/mol. The van der Waals surface area contributed by atoms with E-state index in [0.29, 0.717) is 0 Å². The molecule has 0 saturated carbocycles. The van der Waals surface area contributed by atoms with Crippen LogP contribution in [-0.4, -0.2) is 72.5 Å². The number of nitrogens with zero attached hydrogens (tertiary/aromatic N) is 4. The van der Waals surface area contributed by atoms with Crippen LogP contribution in [0.4, 0.5) is 9.93 Å². The fourth-order valence-corrected chi connectivity index (χ4v) is 4.13. The van der Waals surface area contributed by atoms with E-state index in [1.165, 1.54) is 18.9 Å². The summed E-state index contributed by atoms with van der Waals surface area (Å²) in [7, 11) is 1.32. The summed E-state index contributed by atoms with van der Waals surface area (Å²) in [6.07, 6.45) is -1.60. The molecule has 144 valence electrons. The molecule has 0 radical (unpaired) electrons. The Labute approximate surface area is 159 Å². The number of nitrogens with one attached hydrogen (secondary N) is 1. The molecule has 0 aromatic carbocycles. The topological polar surface area (TPSA) is 190 Å². The quantitative estimate of drug-likeness (QED) is 0.155. The summed E-state index contributed by atoms with van der Waals surface area (Å²) in [6, 6.07) is -0.999. The average Bonchev–Trinajstić information content (AvgIpc) is 3.05. The van der Waals surface area contributed by atoms with Crippen LogP contribution in [0.15, 0.2) is 16.8 Å². The number of aromatic nitrogens is 2. The van der Waals surface area contributed by atoms with E-state index in [1.54, 1.807) is 0 Å². The molecule has 2 atom stereocenters. The number of thioether (sulfide) groups is 1. The number of carboxylic acid groups (broad SMARTS) is 1. The molecule has 1 fully saturated rings. The lowest BCUT2D eigenvalue weighted by Crippen LogP contribution is -2.70. The number of nitrogen functional groups attached to an aromatic ring is 1. The number of rotatable bonds is 5. The Hall–Kier alpha value is -3.07. The van der Waals surface area contributed by atoms with Gasteiger partial charge in [0.2, 0.25) is 17.4 Å².